The molecule has 26 heavy (non-hydrogen) atoms. The number of carboxylic acids is 1. The number of fused-ring (bicyclic) bond motifs is 3. The number of rotatable bonds is 3. The number of ether oxygens (including phenoxy) is 1. The summed E-state index contributed by atoms with van der Waals surface area (Å²) in [5.74, 6) is 1.03. The van der Waals surface area contributed by atoms with Crippen LogP contribution >= 0.6 is 0 Å². The first-order valence-electron chi connectivity index (χ1n) is 8.45. The smallest absolute Gasteiger partial charge is 0.335 e. The molecular formula is C18H19N5O3. The van der Waals surface area contributed by atoms with Gasteiger partial charge in [-0.25, -0.2) is 19.4 Å². The van der Waals surface area contributed by atoms with Crippen molar-refractivity contribution in [3.8, 4) is 28.7 Å². The number of aromatic nitrogens is 5. The molecule has 0 saturated heterocycles. The minimum atomic E-state index is -0.981. The molecule has 0 radical (unpaired) electrons. The molecule has 8 nitrogen and oxygen atoms in total. The predicted octanol–water partition coefficient (Wildman–Crippen LogP) is 2.79. The lowest BCUT2D eigenvalue weighted by Gasteiger charge is -2.09. The van der Waals surface area contributed by atoms with Gasteiger partial charge >= 0.3 is 5.97 Å². The topological polar surface area (TPSA) is 95.1 Å². The summed E-state index contributed by atoms with van der Waals surface area (Å²) in [4.78, 5) is 20.5. The van der Waals surface area contributed by atoms with Crippen LogP contribution in [0.4, 0.5) is 0 Å². The first kappa shape index (κ1) is 16.3. The fourth-order valence-electron chi connectivity index (χ4n) is 3.23. The highest BCUT2D eigenvalue weighted by Gasteiger charge is 2.25. The monoisotopic (exact) mass is 353 g/mol. The van der Waals surface area contributed by atoms with Crippen LogP contribution in [0.3, 0.4) is 0 Å². The van der Waals surface area contributed by atoms with Gasteiger partial charge in [-0.2, -0.15) is 5.10 Å². The number of hydrogen-bond donors (Lipinski definition) is 1. The molecule has 2 aromatic heterocycles. The van der Waals surface area contributed by atoms with Gasteiger partial charge in [-0.05, 0) is 39.0 Å². The van der Waals surface area contributed by atoms with Crippen LogP contribution in [-0.4, -0.2) is 42.0 Å². The van der Waals surface area contributed by atoms with E-state index in [4.69, 9.17) is 9.72 Å². The van der Waals surface area contributed by atoms with E-state index in [2.05, 4.69) is 14.6 Å². The maximum atomic E-state index is 11.2. The first-order valence-corrected chi connectivity index (χ1v) is 8.45. The highest BCUT2D eigenvalue weighted by molar-refractivity contribution is 5.89. The van der Waals surface area contributed by atoms with Gasteiger partial charge in [-0.15, -0.1) is 0 Å². The van der Waals surface area contributed by atoms with Gasteiger partial charge in [0.1, 0.15) is 30.2 Å². The molecule has 1 aromatic carbocycles. The number of carboxylic acid groups (broad SMARTS) is 1. The Hall–Kier alpha value is -3.16. The molecule has 0 amide bonds. The van der Waals surface area contributed by atoms with Gasteiger partial charge in [-0.1, -0.05) is 0 Å². The summed E-state index contributed by atoms with van der Waals surface area (Å²) in [6, 6.07) is 5.04. The van der Waals surface area contributed by atoms with Crippen LogP contribution in [0.25, 0.3) is 22.9 Å². The Labute approximate surface area is 150 Å². The molecule has 0 saturated carbocycles. The SMILES string of the molecule is Cc1c(-c2ncnn2C(C)C)nc2n1CCOc1cc(C(=O)O)ccc1-2. The molecule has 0 spiro atoms. The molecule has 1 aliphatic rings. The van der Waals surface area contributed by atoms with Gasteiger partial charge in [0.15, 0.2) is 5.82 Å². The highest BCUT2D eigenvalue weighted by Crippen LogP contribution is 2.36. The summed E-state index contributed by atoms with van der Waals surface area (Å²) in [7, 11) is 0. The number of aromatic carboxylic acids is 1. The van der Waals surface area contributed by atoms with Crippen LogP contribution in [0.5, 0.6) is 5.75 Å². The molecule has 8 heteroatoms. The van der Waals surface area contributed by atoms with E-state index in [1.807, 2.05) is 25.5 Å². The fraction of sp³-hybridized carbons (Fsp3) is 0.333. The van der Waals surface area contributed by atoms with E-state index in [1.54, 1.807) is 18.2 Å². The van der Waals surface area contributed by atoms with Crippen LogP contribution in [0.2, 0.25) is 0 Å². The zero-order valence-electron chi connectivity index (χ0n) is 14.8. The van der Waals surface area contributed by atoms with E-state index in [1.165, 1.54) is 6.33 Å². The van der Waals surface area contributed by atoms with Crippen molar-refractivity contribution in [2.75, 3.05) is 6.61 Å². The zero-order valence-corrected chi connectivity index (χ0v) is 14.8. The van der Waals surface area contributed by atoms with Crippen molar-refractivity contribution in [3.05, 3.63) is 35.8 Å². The second-order valence-corrected chi connectivity index (χ2v) is 6.51. The second kappa shape index (κ2) is 5.98. The zero-order chi connectivity index (χ0) is 18.4. The molecule has 3 heterocycles. The Kier molecular flexibility index (Phi) is 3.75. The highest BCUT2D eigenvalue weighted by atomic mass is 16.5. The molecule has 0 aliphatic carbocycles. The molecule has 0 fully saturated rings. The van der Waals surface area contributed by atoms with Crippen LogP contribution in [0.1, 0.15) is 35.9 Å². The van der Waals surface area contributed by atoms with Gasteiger partial charge in [0.25, 0.3) is 0 Å². The molecule has 0 bridgehead atoms. The Morgan fingerprint density at radius 1 is 1.31 bits per heavy atom. The Morgan fingerprint density at radius 2 is 2.12 bits per heavy atom. The van der Waals surface area contributed by atoms with Crippen molar-refractivity contribution in [3.63, 3.8) is 0 Å². The summed E-state index contributed by atoms with van der Waals surface area (Å²) < 4.78 is 9.70. The minimum Gasteiger partial charge on any atom is -0.491 e. The largest absolute Gasteiger partial charge is 0.491 e. The van der Waals surface area contributed by atoms with Gasteiger partial charge in [0.2, 0.25) is 0 Å². The molecule has 1 aliphatic heterocycles. The summed E-state index contributed by atoms with van der Waals surface area (Å²) in [6.07, 6.45) is 1.54. The maximum absolute atomic E-state index is 11.2. The summed E-state index contributed by atoms with van der Waals surface area (Å²) >= 11 is 0. The standard InChI is InChI=1S/C18H19N5O3/c1-10(2)23-17(19-9-20-23)15-11(3)22-6-7-26-14-8-12(18(24)25)4-5-13(14)16(22)21-15/h4-5,8-10H,6-7H2,1-3H3,(H,24,25). The Balaban J connectivity index is 1.89. The van der Waals surface area contributed by atoms with Crippen LogP contribution in [-0.2, 0) is 6.54 Å². The van der Waals surface area contributed by atoms with Gasteiger partial charge < -0.3 is 14.4 Å². The van der Waals surface area contributed by atoms with E-state index < -0.39 is 5.97 Å². The maximum Gasteiger partial charge on any atom is 0.335 e. The Morgan fingerprint density at radius 3 is 2.85 bits per heavy atom. The first-order chi connectivity index (χ1) is 12.5. The number of imidazole rings is 1. The number of carbonyl (C=O) groups is 1. The minimum absolute atomic E-state index is 0.169. The molecule has 1 N–H and O–H groups in total. The van der Waals surface area contributed by atoms with E-state index in [9.17, 15) is 9.90 Å². The third-order valence-electron chi connectivity index (χ3n) is 4.54. The number of benzene rings is 1. The van der Waals surface area contributed by atoms with Crippen LogP contribution in [0, 0.1) is 6.92 Å². The van der Waals surface area contributed by atoms with E-state index in [0.717, 1.165) is 28.6 Å². The average Bonchev–Trinajstić information content (AvgIpc) is 3.15. The summed E-state index contributed by atoms with van der Waals surface area (Å²) in [5.41, 5.74) is 2.73. The molecule has 0 unspecified atom stereocenters. The van der Waals surface area contributed by atoms with Crippen molar-refractivity contribution in [1.29, 1.82) is 0 Å². The average molecular weight is 353 g/mol. The summed E-state index contributed by atoms with van der Waals surface area (Å²) in [5, 5.41) is 13.5. The van der Waals surface area contributed by atoms with Crippen LogP contribution in [0.15, 0.2) is 24.5 Å². The van der Waals surface area contributed by atoms with Crippen molar-refractivity contribution in [2.45, 2.75) is 33.4 Å². The van der Waals surface area contributed by atoms with Crippen LogP contribution < -0.4 is 4.74 Å². The van der Waals surface area contributed by atoms with E-state index in [0.29, 0.717) is 18.9 Å². The second-order valence-electron chi connectivity index (χ2n) is 6.51. The van der Waals surface area contributed by atoms with E-state index in [-0.39, 0.29) is 11.6 Å². The third-order valence-corrected chi connectivity index (χ3v) is 4.54. The fourth-order valence-corrected chi connectivity index (χ4v) is 3.23. The van der Waals surface area contributed by atoms with Gasteiger partial charge in [-0.3, -0.25) is 0 Å². The molecule has 4 rings (SSSR count). The molecule has 0 atom stereocenters. The lowest BCUT2D eigenvalue weighted by atomic mass is 10.1. The van der Waals surface area contributed by atoms with Crippen molar-refractivity contribution in [1.82, 2.24) is 24.3 Å². The Bertz CT molecular complexity index is 1000. The lowest BCUT2D eigenvalue weighted by Crippen LogP contribution is -2.08. The van der Waals surface area contributed by atoms with Crippen molar-refractivity contribution >= 4 is 5.97 Å². The predicted molar refractivity (Wildman–Crippen MR) is 94.3 cm³/mol. The number of nitrogens with zero attached hydrogens (tertiary/aromatic N) is 5. The van der Waals surface area contributed by atoms with E-state index >= 15 is 0 Å². The normalized spacial score (nSPS) is 13.1. The van der Waals surface area contributed by atoms with Gasteiger partial charge in [0, 0.05) is 11.7 Å². The molecular weight excluding hydrogens is 334 g/mol. The number of hydrogen-bond acceptors (Lipinski definition) is 5. The van der Waals surface area contributed by atoms with Crippen molar-refractivity contribution in [2.24, 2.45) is 0 Å². The molecule has 134 valence electrons. The third kappa shape index (κ3) is 2.45. The quantitative estimate of drug-likeness (QED) is 0.778. The van der Waals surface area contributed by atoms with Gasteiger partial charge in [0.05, 0.1) is 17.7 Å². The summed E-state index contributed by atoms with van der Waals surface area (Å²) in [6.45, 7) is 7.16. The molecule has 3 aromatic rings. The van der Waals surface area contributed by atoms with Crippen molar-refractivity contribution < 1.29 is 14.6 Å². The lowest BCUT2D eigenvalue weighted by molar-refractivity contribution is 0.0696.